The number of rotatable bonds is 4. The Morgan fingerprint density at radius 3 is 2.37 bits per heavy atom. The number of nitrogens with one attached hydrogen (secondary N) is 1. The van der Waals surface area contributed by atoms with Crippen LogP contribution in [-0.4, -0.2) is 18.4 Å². The highest BCUT2D eigenvalue weighted by Gasteiger charge is 2.39. The first kappa shape index (κ1) is 19.9. The second-order valence-electron chi connectivity index (χ2n) is 8.63. The van der Waals surface area contributed by atoms with Gasteiger partial charge in [0.25, 0.3) is 0 Å². The van der Waals surface area contributed by atoms with E-state index in [0.717, 1.165) is 37.6 Å². The maximum Gasteiger partial charge on any atom is 0.250 e. The lowest BCUT2D eigenvalue weighted by atomic mass is 10.1. The van der Waals surface area contributed by atoms with Crippen molar-refractivity contribution < 1.29 is 9.53 Å². The molecule has 0 aliphatic heterocycles. The highest BCUT2D eigenvalue weighted by Crippen LogP contribution is 2.45. The lowest BCUT2D eigenvalue weighted by molar-refractivity contribution is 0.449. The largest absolute Gasteiger partial charge is 0.543 e. The summed E-state index contributed by atoms with van der Waals surface area (Å²) in [5, 5.41) is 12.0. The number of aromatic amines is 1. The van der Waals surface area contributed by atoms with Crippen molar-refractivity contribution in [3.63, 3.8) is 0 Å². The topological polar surface area (TPSA) is 45.2 Å². The average molecular weight is 400 g/mol. The molecule has 5 heteroatoms. The van der Waals surface area contributed by atoms with E-state index in [4.69, 9.17) is 4.43 Å². The van der Waals surface area contributed by atoms with E-state index < -0.39 is 8.32 Å². The first-order valence-electron chi connectivity index (χ1n) is 9.27. The second kappa shape index (κ2) is 6.95. The van der Waals surface area contributed by atoms with Gasteiger partial charge in [-0.05, 0) is 55.2 Å². The summed E-state index contributed by atoms with van der Waals surface area (Å²) in [6.45, 7) is 15.2. The third-order valence-corrected chi connectivity index (χ3v) is 11.2. The van der Waals surface area contributed by atoms with Crippen molar-refractivity contribution in [2.24, 2.45) is 0 Å². The van der Waals surface area contributed by atoms with Gasteiger partial charge in [-0.1, -0.05) is 50.7 Å². The van der Waals surface area contributed by atoms with Crippen molar-refractivity contribution in [2.45, 2.75) is 62.5 Å². The summed E-state index contributed by atoms with van der Waals surface area (Å²) in [7, 11) is -1.96. The van der Waals surface area contributed by atoms with Crippen LogP contribution in [0.25, 0.3) is 10.9 Å². The number of hydrogen-bond donors (Lipinski definition) is 2. The summed E-state index contributed by atoms with van der Waals surface area (Å²) in [6.07, 6.45) is 2.00. The molecule has 0 bridgehead atoms. The van der Waals surface area contributed by atoms with E-state index in [1.165, 1.54) is 0 Å². The zero-order chi connectivity index (χ0) is 20.0. The Balaban J connectivity index is 2.02. The maximum absolute atomic E-state index is 10.8. The summed E-state index contributed by atoms with van der Waals surface area (Å²) in [6, 6.07) is 10.2. The summed E-state index contributed by atoms with van der Waals surface area (Å²) >= 11 is 1.58. The molecule has 0 fully saturated rings. The maximum atomic E-state index is 10.8. The van der Waals surface area contributed by atoms with Gasteiger partial charge in [-0.25, -0.2) is 0 Å². The molecule has 0 saturated heterocycles. The summed E-state index contributed by atoms with van der Waals surface area (Å²) in [5.74, 6) is 1.23. The van der Waals surface area contributed by atoms with Gasteiger partial charge in [0.1, 0.15) is 11.5 Å². The van der Waals surface area contributed by atoms with E-state index in [1.807, 2.05) is 38.2 Å². The molecule has 3 nitrogen and oxygen atoms in total. The fraction of sp³-hybridized carbons (Fsp3) is 0.364. The second-order valence-corrected chi connectivity index (χ2v) is 14.4. The van der Waals surface area contributed by atoms with Crippen LogP contribution in [0.1, 0.15) is 31.9 Å². The molecule has 3 aromatic rings. The number of aromatic hydroxyl groups is 1. The first-order chi connectivity index (χ1) is 12.5. The highest BCUT2D eigenvalue weighted by molar-refractivity contribution is 7.99. The molecule has 1 heterocycles. The predicted octanol–water partition coefficient (Wildman–Crippen LogP) is 7.03. The normalized spacial score (nSPS) is 12.6. The van der Waals surface area contributed by atoms with E-state index in [0.29, 0.717) is 5.75 Å². The number of aromatic nitrogens is 1. The molecule has 0 aliphatic rings. The summed E-state index contributed by atoms with van der Waals surface area (Å²) in [4.78, 5) is 5.23. The van der Waals surface area contributed by atoms with E-state index in [-0.39, 0.29) is 5.04 Å². The van der Waals surface area contributed by atoms with Gasteiger partial charge < -0.3 is 14.5 Å². The monoisotopic (exact) mass is 399 g/mol. The SMILES string of the molecule is Cc1c(O[Si](C)(C)C(C)(C)C)cc(Sc2c[nH]c3ccccc23)c(O)c1C. The molecule has 2 N–H and O–H groups in total. The lowest BCUT2D eigenvalue weighted by Crippen LogP contribution is -2.44. The number of fused-ring (bicyclic) bond motifs is 1. The average Bonchev–Trinajstić information content (AvgIpc) is 2.99. The Morgan fingerprint density at radius 2 is 1.70 bits per heavy atom. The molecule has 0 atom stereocenters. The third kappa shape index (κ3) is 3.76. The van der Waals surface area contributed by atoms with Gasteiger partial charge in [-0.15, -0.1) is 0 Å². The zero-order valence-corrected chi connectivity index (χ0v) is 19.0. The van der Waals surface area contributed by atoms with Crippen LogP contribution in [0.2, 0.25) is 18.1 Å². The Hall–Kier alpha value is -1.85. The molecule has 27 heavy (non-hydrogen) atoms. The quantitative estimate of drug-likeness (QED) is 0.463. The smallest absolute Gasteiger partial charge is 0.250 e. The lowest BCUT2D eigenvalue weighted by Gasteiger charge is -2.37. The van der Waals surface area contributed by atoms with Crippen LogP contribution in [0.3, 0.4) is 0 Å². The van der Waals surface area contributed by atoms with Crippen molar-refractivity contribution in [3.8, 4) is 11.5 Å². The summed E-state index contributed by atoms with van der Waals surface area (Å²) < 4.78 is 6.59. The molecule has 144 valence electrons. The molecule has 0 amide bonds. The van der Waals surface area contributed by atoms with Crippen LogP contribution in [0.4, 0.5) is 0 Å². The van der Waals surface area contributed by atoms with Crippen molar-refractivity contribution >= 4 is 31.0 Å². The zero-order valence-electron chi connectivity index (χ0n) is 17.2. The standard InChI is InChI=1S/C22H29NO2SSi/c1-14-15(2)21(24)19(12-18(14)25-27(6,7)22(3,4)5)26-20-13-23-17-11-9-8-10-16(17)20/h8-13,23-24H,1-7H3. The molecule has 2 aromatic carbocycles. The third-order valence-electron chi connectivity index (χ3n) is 5.73. The molecule has 0 unspecified atom stereocenters. The molecule has 0 aliphatic carbocycles. The van der Waals surface area contributed by atoms with Gasteiger partial charge in [-0.3, -0.25) is 0 Å². The minimum Gasteiger partial charge on any atom is -0.543 e. The van der Waals surface area contributed by atoms with Crippen LogP contribution in [0.15, 0.2) is 46.3 Å². The van der Waals surface area contributed by atoms with E-state index in [1.54, 1.807) is 11.8 Å². The van der Waals surface area contributed by atoms with Crippen molar-refractivity contribution in [3.05, 3.63) is 47.7 Å². The van der Waals surface area contributed by atoms with Gasteiger partial charge in [0, 0.05) is 22.0 Å². The van der Waals surface area contributed by atoms with Crippen LogP contribution < -0.4 is 4.43 Å². The number of phenolic OH excluding ortho intramolecular Hbond substituents is 1. The molecule has 3 rings (SSSR count). The molecular weight excluding hydrogens is 370 g/mol. The predicted molar refractivity (Wildman–Crippen MR) is 118 cm³/mol. The molecule has 0 radical (unpaired) electrons. The Kier molecular flexibility index (Phi) is 5.12. The van der Waals surface area contributed by atoms with Gasteiger partial charge in [0.2, 0.25) is 8.32 Å². The number of benzene rings is 2. The van der Waals surface area contributed by atoms with Crippen molar-refractivity contribution in [1.82, 2.24) is 4.98 Å². The fourth-order valence-electron chi connectivity index (χ4n) is 2.70. The van der Waals surface area contributed by atoms with Crippen molar-refractivity contribution in [2.75, 3.05) is 0 Å². The van der Waals surface area contributed by atoms with E-state index in [9.17, 15) is 5.11 Å². The van der Waals surface area contributed by atoms with Crippen molar-refractivity contribution in [1.29, 1.82) is 0 Å². The Labute approximate surface area is 167 Å². The highest BCUT2D eigenvalue weighted by atomic mass is 32.2. The molecule has 0 saturated carbocycles. The van der Waals surface area contributed by atoms with E-state index in [2.05, 4.69) is 51.0 Å². The van der Waals surface area contributed by atoms with Crippen LogP contribution in [0.5, 0.6) is 11.5 Å². The van der Waals surface area contributed by atoms with Gasteiger partial charge >= 0.3 is 0 Å². The van der Waals surface area contributed by atoms with Crippen LogP contribution in [-0.2, 0) is 0 Å². The first-order valence-corrected chi connectivity index (χ1v) is 13.0. The van der Waals surface area contributed by atoms with Crippen LogP contribution in [0, 0.1) is 13.8 Å². The number of hydrogen-bond acceptors (Lipinski definition) is 3. The van der Waals surface area contributed by atoms with Gasteiger partial charge in [0.05, 0.1) is 4.90 Å². The number of H-pyrrole nitrogens is 1. The minimum absolute atomic E-state index is 0.120. The number of para-hydroxylation sites is 1. The molecular formula is C22H29NO2SSi. The fourth-order valence-corrected chi connectivity index (χ4v) is 4.83. The van der Waals surface area contributed by atoms with Gasteiger partial charge in [-0.2, -0.15) is 0 Å². The van der Waals surface area contributed by atoms with Crippen LogP contribution >= 0.6 is 11.8 Å². The molecule has 1 aromatic heterocycles. The minimum atomic E-state index is -1.96. The number of phenols is 1. The van der Waals surface area contributed by atoms with E-state index >= 15 is 0 Å². The Morgan fingerprint density at radius 1 is 1.04 bits per heavy atom. The molecule has 0 spiro atoms. The Bertz CT molecular complexity index is 986. The van der Waals surface area contributed by atoms with Gasteiger partial charge in [0.15, 0.2) is 0 Å². The summed E-state index contributed by atoms with van der Waals surface area (Å²) in [5.41, 5.74) is 3.00.